The van der Waals surface area contributed by atoms with Gasteiger partial charge in [0, 0.05) is 23.1 Å². The Kier molecular flexibility index (Phi) is 3.04. The van der Waals surface area contributed by atoms with Crippen molar-refractivity contribution in [3.8, 4) is 0 Å². The van der Waals surface area contributed by atoms with Crippen LogP contribution in [0.1, 0.15) is 29.8 Å². The summed E-state index contributed by atoms with van der Waals surface area (Å²) in [6, 6.07) is 19.9. The number of H-pyrrole nitrogens is 1. The van der Waals surface area contributed by atoms with Gasteiger partial charge in [0.2, 0.25) is 0 Å². The number of nitrogens with zero attached hydrogens (tertiary/aromatic N) is 1. The summed E-state index contributed by atoms with van der Waals surface area (Å²) in [4.78, 5) is 6.25. The standard InChI is InChI=1S/C19H20N2/c1-2-21-13-12-16-15-10-6-7-11-17(15)20-18(16)19(21)14-8-4-3-5-9-14/h3-11,19-20H,2,12-13H2,1H3. The number of hydrogen-bond acceptors (Lipinski definition) is 1. The molecule has 0 radical (unpaired) electrons. The summed E-state index contributed by atoms with van der Waals surface area (Å²) in [5.74, 6) is 0. The minimum atomic E-state index is 0.354. The molecule has 1 aromatic heterocycles. The minimum absolute atomic E-state index is 0.354. The van der Waals surface area contributed by atoms with Crippen molar-refractivity contribution in [3.05, 3.63) is 71.4 Å². The van der Waals surface area contributed by atoms with Gasteiger partial charge in [-0.25, -0.2) is 0 Å². The van der Waals surface area contributed by atoms with E-state index in [1.54, 1.807) is 0 Å². The van der Waals surface area contributed by atoms with Crippen LogP contribution in [0.4, 0.5) is 0 Å². The van der Waals surface area contributed by atoms with Crippen molar-refractivity contribution < 1.29 is 0 Å². The second-order valence-corrected chi connectivity index (χ2v) is 5.75. The van der Waals surface area contributed by atoms with Gasteiger partial charge < -0.3 is 4.98 Å². The molecule has 0 spiro atoms. The van der Waals surface area contributed by atoms with Gasteiger partial charge >= 0.3 is 0 Å². The Balaban J connectivity index is 1.92. The Labute approximate surface area is 125 Å². The van der Waals surface area contributed by atoms with Gasteiger partial charge in [-0.15, -0.1) is 0 Å². The van der Waals surface area contributed by atoms with Crippen LogP contribution in [-0.4, -0.2) is 23.0 Å². The summed E-state index contributed by atoms with van der Waals surface area (Å²) in [6.45, 7) is 4.46. The summed E-state index contributed by atoms with van der Waals surface area (Å²) in [5, 5.41) is 1.39. The van der Waals surface area contributed by atoms with Crippen LogP contribution >= 0.6 is 0 Å². The van der Waals surface area contributed by atoms with Gasteiger partial charge in [-0.2, -0.15) is 0 Å². The van der Waals surface area contributed by atoms with E-state index in [4.69, 9.17) is 0 Å². The van der Waals surface area contributed by atoms with Crippen LogP contribution in [0.5, 0.6) is 0 Å². The van der Waals surface area contributed by atoms with Crippen LogP contribution in [-0.2, 0) is 6.42 Å². The Morgan fingerprint density at radius 1 is 1.05 bits per heavy atom. The summed E-state index contributed by atoms with van der Waals surface area (Å²) in [5.41, 5.74) is 5.54. The first-order valence-corrected chi connectivity index (χ1v) is 7.77. The van der Waals surface area contributed by atoms with Gasteiger partial charge in [-0.05, 0) is 30.2 Å². The molecule has 1 atom stereocenters. The molecule has 2 nitrogen and oxygen atoms in total. The number of hydrogen-bond donors (Lipinski definition) is 1. The predicted octanol–water partition coefficient (Wildman–Crippen LogP) is 4.14. The number of benzene rings is 2. The van der Waals surface area contributed by atoms with E-state index in [1.165, 1.54) is 27.7 Å². The van der Waals surface area contributed by atoms with Crippen molar-refractivity contribution in [1.29, 1.82) is 0 Å². The molecule has 0 aliphatic carbocycles. The van der Waals surface area contributed by atoms with Gasteiger partial charge in [0.1, 0.15) is 0 Å². The number of nitrogens with one attached hydrogen (secondary N) is 1. The molecule has 0 bridgehead atoms. The van der Waals surface area contributed by atoms with Crippen molar-refractivity contribution in [3.63, 3.8) is 0 Å². The van der Waals surface area contributed by atoms with Gasteiger partial charge in [0.05, 0.1) is 6.04 Å². The summed E-state index contributed by atoms with van der Waals surface area (Å²) < 4.78 is 0. The van der Waals surface area contributed by atoms with E-state index in [0.717, 1.165) is 19.5 Å². The first-order chi connectivity index (χ1) is 10.4. The molecule has 0 fully saturated rings. The number of fused-ring (bicyclic) bond motifs is 3. The Morgan fingerprint density at radius 2 is 1.81 bits per heavy atom. The molecule has 2 aromatic carbocycles. The molecule has 2 heterocycles. The first kappa shape index (κ1) is 12.7. The molecule has 0 saturated heterocycles. The van der Waals surface area contributed by atoms with Gasteiger partial charge in [0.25, 0.3) is 0 Å². The fraction of sp³-hybridized carbons (Fsp3) is 0.263. The van der Waals surface area contributed by atoms with E-state index in [9.17, 15) is 0 Å². The third kappa shape index (κ3) is 1.98. The number of para-hydroxylation sites is 1. The molecule has 1 unspecified atom stereocenters. The average molecular weight is 276 g/mol. The van der Waals surface area contributed by atoms with Crippen LogP contribution in [0.25, 0.3) is 10.9 Å². The van der Waals surface area contributed by atoms with Crippen LogP contribution in [0, 0.1) is 0 Å². The van der Waals surface area contributed by atoms with E-state index in [2.05, 4.69) is 71.4 Å². The van der Waals surface area contributed by atoms with Gasteiger partial charge in [-0.1, -0.05) is 55.5 Å². The molecule has 1 aliphatic heterocycles. The molecule has 21 heavy (non-hydrogen) atoms. The fourth-order valence-corrected chi connectivity index (χ4v) is 3.64. The third-order valence-electron chi connectivity index (χ3n) is 4.66. The summed E-state index contributed by atoms with van der Waals surface area (Å²) >= 11 is 0. The average Bonchev–Trinajstić information content (AvgIpc) is 2.93. The molecule has 1 aliphatic rings. The highest BCUT2D eigenvalue weighted by Crippen LogP contribution is 2.37. The molecule has 106 valence electrons. The van der Waals surface area contributed by atoms with Crippen LogP contribution in [0.3, 0.4) is 0 Å². The van der Waals surface area contributed by atoms with Crippen molar-refractivity contribution in [2.24, 2.45) is 0 Å². The van der Waals surface area contributed by atoms with E-state index in [1.807, 2.05) is 0 Å². The highest BCUT2D eigenvalue weighted by Gasteiger charge is 2.30. The molecule has 0 saturated carbocycles. The van der Waals surface area contributed by atoms with E-state index in [-0.39, 0.29) is 0 Å². The van der Waals surface area contributed by atoms with E-state index < -0.39 is 0 Å². The molecule has 0 amide bonds. The quantitative estimate of drug-likeness (QED) is 0.745. The fourth-order valence-electron chi connectivity index (χ4n) is 3.64. The SMILES string of the molecule is CCN1CCc2c([nH]c3ccccc23)C1c1ccccc1. The minimum Gasteiger partial charge on any atom is -0.357 e. The molecular formula is C19H20N2. The molecular weight excluding hydrogens is 256 g/mol. The number of likely N-dealkylation sites (N-methyl/N-ethyl adjacent to an activating group) is 1. The lowest BCUT2D eigenvalue weighted by molar-refractivity contribution is 0.222. The zero-order valence-electron chi connectivity index (χ0n) is 12.3. The van der Waals surface area contributed by atoms with E-state index in [0.29, 0.717) is 6.04 Å². The van der Waals surface area contributed by atoms with Crippen molar-refractivity contribution in [1.82, 2.24) is 9.88 Å². The second kappa shape index (κ2) is 5.05. The summed E-state index contributed by atoms with van der Waals surface area (Å²) in [7, 11) is 0. The van der Waals surface area contributed by atoms with Crippen LogP contribution in [0.2, 0.25) is 0 Å². The smallest absolute Gasteiger partial charge is 0.0757 e. The lowest BCUT2D eigenvalue weighted by Crippen LogP contribution is -2.35. The number of rotatable bonds is 2. The first-order valence-electron chi connectivity index (χ1n) is 7.77. The Bertz CT molecular complexity index is 758. The topological polar surface area (TPSA) is 19.0 Å². The zero-order valence-corrected chi connectivity index (χ0v) is 12.3. The van der Waals surface area contributed by atoms with E-state index >= 15 is 0 Å². The monoisotopic (exact) mass is 276 g/mol. The van der Waals surface area contributed by atoms with Crippen LogP contribution < -0.4 is 0 Å². The van der Waals surface area contributed by atoms with Crippen molar-refractivity contribution in [2.75, 3.05) is 13.1 Å². The maximum atomic E-state index is 3.69. The maximum absolute atomic E-state index is 3.69. The molecule has 1 N–H and O–H groups in total. The Morgan fingerprint density at radius 3 is 2.62 bits per heavy atom. The van der Waals surface area contributed by atoms with Gasteiger partial charge in [0.15, 0.2) is 0 Å². The molecule has 2 heteroatoms. The predicted molar refractivity (Wildman–Crippen MR) is 87.5 cm³/mol. The third-order valence-corrected chi connectivity index (χ3v) is 4.66. The highest BCUT2D eigenvalue weighted by atomic mass is 15.2. The molecule has 3 aromatic rings. The van der Waals surface area contributed by atoms with Gasteiger partial charge in [-0.3, -0.25) is 4.90 Å². The normalized spacial score (nSPS) is 18.8. The van der Waals surface area contributed by atoms with Crippen LogP contribution in [0.15, 0.2) is 54.6 Å². The molecule has 4 rings (SSSR count). The number of aromatic amines is 1. The van der Waals surface area contributed by atoms with Crippen molar-refractivity contribution in [2.45, 2.75) is 19.4 Å². The summed E-state index contributed by atoms with van der Waals surface area (Å²) in [6.07, 6.45) is 1.14. The largest absolute Gasteiger partial charge is 0.357 e. The zero-order chi connectivity index (χ0) is 14.2. The second-order valence-electron chi connectivity index (χ2n) is 5.75. The Hall–Kier alpha value is -2.06. The lowest BCUT2D eigenvalue weighted by Gasteiger charge is -2.35. The maximum Gasteiger partial charge on any atom is 0.0757 e. The lowest BCUT2D eigenvalue weighted by atomic mass is 9.92. The highest BCUT2D eigenvalue weighted by molar-refractivity contribution is 5.85. The number of aromatic nitrogens is 1. The van der Waals surface area contributed by atoms with Crippen molar-refractivity contribution >= 4 is 10.9 Å².